The molecule has 17 heavy (non-hydrogen) atoms. The molecular formula is C14H16N2O. The second-order valence-corrected chi connectivity index (χ2v) is 4.02. The molecule has 3 heteroatoms. The molecule has 0 heterocycles. The van der Waals surface area contributed by atoms with Crippen LogP contribution in [0.15, 0.2) is 42.5 Å². The van der Waals surface area contributed by atoms with Crippen LogP contribution in [-0.4, -0.2) is 0 Å². The Labute approximate surface area is 101 Å². The lowest BCUT2D eigenvalue weighted by Crippen LogP contribution is -2.00. The predicted octanol–water partition coefficient (Wildman–Crippen LogP) is 2.74. The van der Waals surface area contributed by atoms with E-state index in [9.17, 15) is 0 Å². The number of nitrogen functional groups attached to an aromatic ring is 2. The van der Waals surface area contributed by atoms with Gasteiger partial charge in [0.15, 0.2) is 0 Å². The quantitative estimate of drug-likeness (QED) is 0.794. The predicted molar refractivity (Wildman–Crippen MR) is 70.8 cm³/mol. The van der Waals surface area contributed by atoms with Crippen LogP contribution < -0.4 is 16.2 Å². The molecule has 2 rings (SSSR count). The van der Waals surface area contributed by atoms with Crippen molar-refractivity contribution in [2.75, 3.05) is 11.5 Å². The summed E-state index contributed by atoms with van der Waals surface area (Å²) >= 11 is 0. The van der Waals surface area contributed by atoms with Gasteiger partial charge in [0.25, 0.3) is 0 Å². The molecule has 2 aromatic rings. The Kier molecular flexibility index (Phi) is 3.19. The number of aryl methyl sites for hydroxylation is 1. The van der Waals surface area contributed by atoms with Gasteiger partial charge >= 0.3 is 0 Å². The molecule has 0 aliphatic heterocycles. The van der Waals surface area contributed by atoms with Gasteiger partial charge in [-0.3, -0.25) is 0 Å². The third-order valence-electron chi connectivity index (χ3n) is 2.66. The lowest BCUT2D eigenvalue weighted by Gasteiger charge is -2.09. The van der Waals surface area contributed by atoms with E-state index in [1.807, 2.05) is 49.4 Å². The maximum Gasteiger partial charge on any atom is 0.142 e. The fourth-order valence-corrected chi connectivity index (χ4v) is 1.55. The molecule has 0 aliphatic carbocycles. The molecule has 88 valence electrons. The molecule has 0 bridgehead atoms. The average molecular weight is 228 g/mol. The van der Waals surface area contributed by atoms with Crippen molar-refractivity contribution in [2.45, 2.75) is 13.5 Å². The van der Waals surface area contributed by atoms with Crippen LogP contribution in [0.3, 0.4) is 0 Å². The second kappa shape index (κ2) is 4.78. The van der Waals surface area contributed by atoms with Gasteiger partial charge in [0.2, 0.25) is 0 Å². The Hall–Kier alpha value is -2.16. The monoisotopic (exact) mass is 228 g/mol. The minimum atomic E-state index is 0.471. The zero-order valence-electron chi connectivity index (χ0n) is 9.81. The van der Waals surface area contributed by atoms with Crippen molar-refractivity contribution in [1.82, 2.24) is 0 Å². The van der Waals surface area contributed by atoms with Gasteiger partial charge in [-0.1, -0.05) is 24.3 Å². The summed E-state index contributed by atoms with van der Waals surface area (Å²) in [6.07, 6.45) is 0. The molecule has 0 aromatic heterocycles. The fraction of sp³-hybridized carbons (Fsp3) is 0.143. The Morgan fingerprint density at radius 3 is 2.47 bits per heavy atom. The summed E-state index contributed by atoms with van der Waals surface area (Å²) in [4.78, 5) is 0. The molecule has 4 N–H and O–H groups in total. The van der Waals surface area contributed by atoms with Crippen LogP contribution in [0.4, 0.5) is 11.4 Å². The van der Waals surface area contributed by atoms with Crippen molar-refractivity contribution < 1.29 is 4.74 Å². The van der Waals surface area contributed by atoms with E-state index in [1.54, 1.807) is 0 Å². The van der Waals surface area contributed by atoms with Crippen LogP contribution in [0.25, 0.3) is 0 Å². The molecular weight excluding hydrogens is 212 g/mol. The molecule has 3 nitrogen and oxygen atoms in total. The molecule has 0 radical (unpaired) electrons. The Balaban J connectivity index is 2.08. The largest absolute Gasteiger partial charge is 0.487 e. The highest BCUT2D eigenvalue weighted by Gasteiger charge is 2.01. The normalized spacial score (nSPS) is 10.2. The van der Waals surface area contributed by atoms with Crippen LogP contribution in [0.1, 0.15) is 11.1 Å². The van der Waals surface area contributed by atoms with E-state index < -0.39 is 0 Å². The van der Waals surface area contributed by atoms with Crippen LogP contribution in [0, 0.1) is 6.92 Å². The second-order valence-electron chi connectivity index (χ2n) is 4.02. The summed E-state index contributed by atoms with van der Waals surface area (Å²) in [5.41, 5.74) is 15.2. The van der Waals surface area contributed by atoms with Crippen molar-refractivity contribution in [3.8, 4) is 5.75 Å². The van der Waals surface area contributed by atoms with Gasteiger partial charge in [0.05, 0.1) is 5.69 Å². The lowest BCUT2D eigenvalue weighted by atomic mass is 10.1. The van der Waals surface area contributed by atoms with Crippen molar-refractivity contribution >= 4 is 11.4 Å². The highest BCUT2D eigenvalue weighted by atomic mass is 16.5. The molecule has 0 atom stereocenters. The van der Waals surface area contributed by atoms with Crippen LogP contribution >= 0.6 is 0 Å². The molecule has 0 saturated carbocycles. The van der Waals surface area contributed by atoms with E-state index in [4.69, 9.17) is 16.2 Å². The summed E-state index contributed by atoms with van der Waals surface area (Å²) in [6.45, 7) is 2.45. The summed E-state index contributed by atoms with van der Waals surface area (Å²) in [6, 6.07) is 13.4. The van der Waals surface area contributed by atoms with Crippen molar-refractivity contribution in [1.29, 1.82) is 0 Å². The Morgan fingerprint density at radius 2 is 1.76 bits per heavy atom. The number of rotatable bonds is 3. The lowest BCUT2D eigenvalue weighted by molar-refractivity contribution is 0.308. The molecule has 0 aliphatic rings. The van der Waals surface area contributed by atoms with E-state index in [2.05, 4.69) is 0 Å². The Bertz CT molecular complexity index is 523. The van der Waals surface area contributed by atoms with Crippen molar-refractivity contribution in [3.63, 3.8) is 0 Å². The van der Waals surface area contributed by atoms with Gasteiger partial charge in [-0.15, -0.1) is 0 Å². The average Bonchev–Trinajstić information content (AvgIpc) is 2.32. The zero-order valence-corrected chi connectivity index (χ0v) is 9.81. The number of anilines is 2. The van der Waals surface area contributed by atoms with Gasteiger partial charge in [0, 0.05) is 5.69 Å². The Morgan fingerprint density at radius 1 is 1.00 bits per heavy atom. The molecule has 0 fully saturated rings. The van der Waals surface area contributed by atoms with Gasteiger partial charge in [-0.25, -0.2) is 0 Å². The highest BCUT2D eigenvalue weighted by molar-refractivity contribution is 5.52. The maximum absolute atomic E-state index is 5.84. The smallest absolute Gasteiger partial charge is 0.142 e. The first-order chi connectivity index (χ1) is 8.16. The van der Waals surface area contributed by atoms with E-state index >= 15 is 0 Å². The SMILES string of the molecule is Cc1ccc(COc2ccccc2N)cc1N. The number of hydrogen-bond acceptors (Lipinski definition) is 3. The topological polar surface area (TPSA) is 61.3 Å². The van der Waals surface area contributed by atoms with Gasteiger partial charge in [0.1, 0.15) is 12.4 Å². The molecule has 0 amide bonds. The summed E-state index contributed by atoms with van der Waals surface area (Å²) < 4.78 is 5.64. The summed E-state index contributed by atoms with van der Waals surface area (Å²) in [7, 11) is 0. The van der Waals surface area contributed by atoms with Crippen LogP contribution in [-0.2, 0) is 6.61 Å². The van der Waals surface area contributed by atoms with Crippen LogP contribution in [0.2, 0.25) is 0 Å². The molecule has 0 spiro atoms. The zero-order chi connectivity index (χ0) is 12.3. The minimum absolute atomic E-state index is 0.471. The minimum Gasteiger partial charge on any atom is -0.487 e. The third-order valence-corrected chi connectivity index (χ3v) is 2.66. The molecule has 0 saturated heterocycles. The first-order valence-corrected chi connectivity index (χ1v) is 5.49. The number of hydrogen-bond donors (Lipinski definition) is 2. The standard InChI is InChI=1S/C14H16N2O/c1-10-6-7-11(8-13(10)16)9-17-14-5-3-2-4-12(14)15/h2-8H,9,15-16H2,1H3. The van der Waals surface area contributed by atoms with E-state index in [1.165, 1.54) is 0 Å². The van der Waals surface area contributed by atoms with Crippen molar-refractivity contribution in [3.05, 3.63) is 53.6 Å². The summed E-state index contributed by atoms with van der Waals surface area (Å²) in [5, 5.41) is 0. The van der Waals surface area contributed by atoms with Gasteiger partial charge < -0.3 is 16.2 Å². The highest BCUT2D eigenvalue weighted by Crippen LogP contribution is 2.21. The number of nitrogens with two attached hydrogens (primary N) is 2. The molecule has 2 aromatic carbocycles. The van der Waals surface area contributed by atoms with E-state index in [-0.39, 0.29) is 0 Å². The van der Waals surface area contributed by atoms with Crippen LogP contribution in [0.5, 0.6) is 5.75 Å². The summed E-state index contributed by atoms with van der Waals surface area (Å²) in [5.74, 6) is 0.701. The third kappa shape index (κ3) is 2.69. The fourth-order valence-electron chi connectivity index (χ4n) is 1.55. The van der Waals surface area contributed by atoms with Crippen molar-refractivity contribution in [2.24, 2.45) is 0 Å². The van der Waals surface area contributed by atoms with E-state index in [0.717, 1.165) is 16.8 Å². The van der Waals surface area contributed by atoms with Gasteiger partial charge in [-0.2, -0.15) is 0 Å². The first-order valence-electron chi connectivity index (χ1n) is 5.49. The van der Waals surface area contributed by atoms with Gasteiger partial charge in [-0.05, 0) is 36.2 Å². The molecule has 0 unspecified atom stereocenters. The number of para-hydroxylation sites is 2. The number of ether oxygens (including phenoxy) is 1. The van der Waals surface area contributed by atoms with E-state index in [0.29, 0.717) is 18.0 Å². The first kappa shape index (κ1) is 11.3. The number of benzene rings is 2. The maximum atomic E-state index is 5.84.